The van der Waals surface area contributed by atoms with Crippen LogP contribution in [0.2, 0.25) is 0 Å². The zero-order valence-corrected chi connectivity index (χ0v) is 27.8. The third-order valence-corrected chi connectivity index (χ3v) is 10.1. The van der Waals surface area contributed by atoms with Gasteiger partial charge in [-0.15, -0.1) is 5.10 Å². The van der Waals surface area contributed by atoms with Crippen LogP contribution in [0.15, 0.2) is 161 Å². The van der Waals surface area contributed by atoms with Gasteiger partial charge in [-0.3, -0.25) is 15.1 Å². The molecule has 0 aliphatic carbocycles. The van der Waals surface area contributed by atoms with Crippen molar-refractivity contribution in [2.75, 3.05) is 30.6 Å². The summed E-state index contributed by atoms with van der Waals surface area (Å²) < 4.78 is 5.56. The average molecular weight is 663 g/mol. The fraction of sp³-hybridized carbons (Fsp3) is 0.125. The van der Waals surface area contributed by atoms with E-state index in [4.69, 9.17) is 14.9 Å². The van der Waals surface area contributed by atoms with Crippen LogP contribution in [0.3, 0.4) is 0 Å². The lowest BCUT2D eigenvalue weighted by Gasteiger charge is -2.51. The fourth-order valence-electron chi connectivity index (χ4n) is 6.78. The number of hydrazone groups is 2. The number of amidine groups is 1. The number of carbonyl (C=O) groups is 1. The molecule has 8 rings (SSSR count). The number of carbonyl (C=O) groups excluding carboxylic acids is 1. The Labute approximate surface area is 290 Å². The average Bonchev–Trinajstić information content (AvgIpc) is 3.65. The molecule has 3 heterocycles. The van der Waals surface area contributed by atoms with E-state index in [1.54, 1.807) is 7.11 Å². The van der Waals surface area contributed by atoms with Gasteiger partial charge in [0, 0.05) is 29.8 Å². The van der Waals surface area contributed by atoms with Crippen molar-refractivity contribution in [1.82, 2.24) is 9.80 Å². The maximum atomic E-state index is 15.1. The molecule has 0 radical (unpaired) electrons. The molecule has 242 valence electrons. The first-order valence-electron chi connectivity index (χ1n) is 16.3. The standard InChI is InChI=1S/C40H34N6O2S/c1-48-34-25-23-29(24-26-34)35-36(49-38(31-17-8-3-9-18-31)42-41-32-19-10-4-11-20-32)39(47)45-28-14-27-44-37(30-15-6-2-7-16-30)43-46(40(35,44)45)33-21-12-5-13-22-33/h2-13,15-26,41H,14,27-28H2,1H3/b42-38+. The summed E-state index contributed by atoms with van der Waals surface area (Å²) in [6.45, 7) is 1.29. The minimum atomic E-state index is -1.06. The monoisotopic (exact) mass is 662 g/mol. The molecule has 3 aliphatic heterocycles. The Morgan fingerprint density at radius 3 is 2.04 bits per heavy atom. The Morgan fingerprint density at radius 1 is 0.755 bits per heavy atom. The second-order valence-electron chi connectivity index (χ2n) is 11.8. The van der Waals surface area contributed by atoms with Gasteiger partial charge in [-0.25, -0.2) is 5.01 Å². The van der Waals surface area contributed by atoms with Crippen LogP contribution in [0.5, 0.6) is 5.75 Å². The first kappa shape index (κ1) is 30.5. The van der Waals surface area contributed by atoms with Crippen LogP contribution in [0.1, 0.15) is 23.1 Å². The number of anilines is 2. The van der Waals surface area contributed by atoms with Gasteiger partial charge in [0.05, 0.1) is 23.4 Å². The number of rotatable bonds is 8. The van der Waals surface area contributed by atoms with Gasteiger partial charge < -0.3 is 9.64 Å². The summed E-state index contributed by atoms with van der Waals surface area (Å²) in [5.74, 6) is 0.438. The maximum Gasteiger partial charge on any atom is 0.264 e. The molecule has 5 aromatic carbocycles. The number of hydrogen-bond acceptors (Lipinski definition) is 8. The van der Waals surface area contributed by atoms with E-state index in [0.717, 1.165) is 51.6 Å². The smallest absolute Gasteiger partial charge is 0.264 e. The van der Waals surface area contributed by atoms with Gasteiger partial charge in [-0.05, 0) is 48.4 Å². The number of para-hydroxylation sites is 2. The second kappa shape index (κ2) is 13.0. The fourth-order valence-corrected chi connectivity index (χ4v) is 7.88. The molecule has 8 nitrogen and oxygen atoms in total. The molecule has 1 saturated heterocycles. The van der Waals surface area contributed by atoms with Crippen molar-refractivity contribution in [1.29, 1.82) is 0 Å². The Hall–Kier alpha value is -5.80. The molecule has 49 heavy (non-hydrogen) atoms. The lowest BCUT2D eigenvalue weighted by Crippen LogP contribution is -2.68. The van der Waals surface area contributed by atoms with E-state index in [-0.39, 0.29) is 5.91 Å². The normalized spacial score (nSPS) is 18.7. The zero-order valence-electron chi connectivity index (χ0n) is 26.9. The van der Waals surface area contributed by atoms with Crippen LogP contribution >= 0.6 is 11.8 Å². The predicted octanol–water partition coefficient (Wildman–Crippen LogP) is 7.70. The van der Waals surface area contributed by atoms with Crippen molar-refractivity contribution in [2.24, 2.45) is 10.2 Å². The van der Waals surface area contributed by atoms with E-state index in [9.17, 15) is 0 Å². The van der Waals surface area contributed by atoms with E-state index in [2.05, 4.69) is 34.6 Å². The molecule has 0 bridgehead atoms. The lowest BCUT2D eigenvalue weighted by molar-refractivity contribution is -0.134. The lowest BCUT2D eigenvalue weighted by atomic mass is 9.95. The third-order valence-electron chi connectivity index (χ3n) is 8.96. The first-order valence-corrected chi connectivity index (χ1v) is 17.1. The third kappa shape index (κ3) is 5.32. The molecule has 9 heteroatoms. The van der Waals surface area contributed by atoms with E-state index in [0.29, 0.717) is 23.0 Å². The number of nitrogens with zero attached hydrogens (tertiary/aromatic N) is 5. The topological polar surface area (TPSA) is 72.8 Å². The molecule has 1 N–H and O–H groups in total. The van der Waals surface area contributed by atoms with Crippen LogP contribution < -0.4 is 15.2 Å². The first-order chi connectivity index (χ1) is 24.2. The van der Waals surface area contributed by atoms with Gasteiger partial charge in [0.1, 0.15) is 10.8 Å². The summed E-state index contributed by atoms with van der Waals surface area (Å²) in [6.07, 6.45) is 0.797. The number of methoxy groups -OCH3 is 1. The highest BCUT2D eigenvalue weighted by Crippen LogP contribution is 2.55. The number of amides is 1. The SMILES string of the molecule is COc1ccc(C2=C(S/C(=N/Nc3ccccc3)c3ccccc3)C(=O)N3CCCN4C(c5ccccc5)=NN(c5ccccc5)C234)cc1. The quantitative estimate of drug-likeness (QED) is 0.104. The second-order valence-corrected chi connectivity index (χ2v) is 12.8. The summed E-state index contributed by atoms with van der Waals surface area (Å²) >= 11 is 1.39. The molecule has 1 spiro atoms. The molecule has 1 amide bonds. The van der Waals surface area contributed by atoms with E-state index in [1.807, 2.05) is 131 Å². The number of hydrogen-bond donors (Lipinski definition) is 1. The van der Waals surface area contributed by atoms with E-state index >= 15 is 4.79 Å². The van der Waals surface area contributed by atoms with Gasteiger partial charge in [0.15, 0.2) is 5.84 Å². The number of benzene rings is 5. The molecule has 1 fully saturated rings. The van der Waals surface area contributed by atoms with Crippen LogP contribution in [0, 0.1) is 0 Å². The number of ether oxygens (including phenoxy) is 1. The Morgan fingerprint density at radius 2 is 1.37 bits per heavy atom. The summed E-state index contributed by atoms with van der Waals surface area (Å²) in [7, 11) is 1.66. The van der Waals surface area contributed by atoms with Crippen LogP contribution in [-0.2, 0) is 4.79 Å². The predicted molar refractivity (Wildman–Crippen MR) is 198 cm³/mol. The maximum absolute atomic E-state index is 15.1. The summed E-state index contributed by atoms with van der Waals surface area (Å²) in [4.78, 5) is 20.0. The highest BCUT2D eigenvalue weighted by atomic mass is 32.2. The van der Waals surface area contributed by atoms with Gasteiger partial charge in [-0.2, -0.15) is 5.10 Å². The summed E-state index contributed by atoms with van der Waals surface area (Å²) in [5.41, 5.74) is 8.62. The Balaban J connectivity index is 1.37. The van der Waals surface area contributed by atoms with Gasteiger partial charge in [0.25, 0.3) is 5.91 Å². The number of nitrogens with one attached hydrogen (secondary N) is 1. The molecule has 5 aromatic rings. The van der Waals surface area contributed by atoms with Gasteiger partial charge in [-0.1, -0.05) is 121 Å². The highest BCUT2D eigenvalue weighted by molar-refractivity contribution is 8.18. The van der Waals surface area contributed by atoms with Crippen LogP contribution in [-0.4, -0.2) is 52.6 Å². The van der Waals surface area contributed by atoms with Crippen molar-refractivity contribution in [3.05, 3.63) is 167 Å². The zero-order chi connectivity index (χ0) is 33.2. The van der Waals surface area contributed by atoms with Gasteiger partial charge in [0.2, 0.25) is 5.79 Å². The molecule has 1 unspecified atom stereocenters. The minimum Gasteiger partial charge on any atom is -0.497 e. The van der Waals surface area contributed by atoms with Crippen molar-refractivity contribution in [3.63, 3.8) is 0 Å². The van der Waals surface area contributed by atoms with Crippen molar-refractivity contribution >= 4 is 45.5 Å². The molecular weight excluding hydrogens is 629 g/mol. The van der Waals surface area contributed by atoms with Gasteiger partial charge >= 0.3 is 0 Å². The van der Waals surface area contributed by atoms with Crippen LogP contribution in [0.4, 0.5) is 11.4 Å². The molecule has 3 aliphatic rings. The van der Waals surface area contributed by atoms with E-state index < -0.39 is 5.79 Å². The van der Waals surface area contributed by atoms with Crippen molar-refractivity contribution in [3.8, 4) is 5.75 Å². The summed E-state index contributed by atoms with van der Waals surface area (Å²) in [6, 6.07) is 48.2. The Bertz CT molecular complexity index is 2050. The number of thioether (sulfide) groups is 1. The van der Waals surface area contributed by atoms with Crippen molar-refractivity contribution < 1.29 is 9.53 Å². The molecule has 1 atom stereocenters. The molecule has 0 aromatic heterocycles. The van der Waals surface area contributed by atoms with E-state index in [1.165, 1.54) is 11.8 Å². The summed E-state index contributed by atoms with van der Waals surface area (Å²) in [5, 5.41) is 13.0. The molecule has 0 saturated carbocycles. The molecular formula is C40H34N6O2S. The van der Waals surface area contributed by atoms with Crippen molar-refractivity contribution in [2.45, 2.75) is 12.2 Å². The minimum absolute atomic E-state index is 0.0608. The Kier molecular flexibility index (Phi) is 8.11. The largest absolute Gasteiger partial charge is 0.497 e. The highest BCUT2D eigenvalue weighted by Gasteiger charge is 2.65. The van der Waals surface area contributed by atoms with Crippen LogP contribution in [0.25, 0.3) is 5.57 Å².